The normalized spacial score (nSPS) is 14.6. The Labute approximate surface area is 130 Å². The van der Waals surface area contributed by atoms with E-state index in [0.29, 0.717) is 6.04 Å². The van der Waals surface area contributed by atoms with Gasteiger partial charge in [-0.25, -0.2) is 0 Å². The van der Waals surface area contributed by atoms with Gasteiger partial charge in [-0.15, -0.1) is 0 Å². The largest absolute Gasteiger partial charge is 0.394 e. The first-order valence-corrected chi connectivity index (χ1v) is 8.24. The summed E-state index contributed by atoms with van der Waals surface area (Å²) in [6.07, 6.45) is 2.40. The first-order chi connectivity index (χ1) is 10.1. The molecule has 1 aromatic carbocycles. The smallest absolute Gasteiger partial charge is 0.0799 e. The van der Waals surface area contributed by atoms with Crippen molar-refractivity contribution in [3.63, 3.8) is 0 Å². The summed E-state index contributed by atoms with van der Waals surface area (Å²) in [5.74, 6) is 0. The van der Waals surface area contributed by atoms with Crippen molar-refractivity contribution in [2.75, 3.05) is 26.2 Å². The van der Waals surface area contributed by atoms with E-state index in [9.17, 15) is 5.11 Å². The third-order valence-corrected chi connectivity index (χ3v) is 3.93. The van der Waals surface area contributed by atoms with Crippen molar-refractivity contribution < 1.29 is 5.11 Å². The van der Waals surface area contributed by atoms with E-state index in [4.69, 9.17) is 0 Å². The standard InChI is InChI=1S/C18H32N2O/c1-5-7-13-20(6-2)14-18(15-21,19-16(3)4)17-11-9-8-10-12-17/h8-12,16,19,21H,5-7,13-15H2,1-4H3. The third-order valence-electron chi connectivity index (χ3n) is 3.93. The van der Waals surface area contributed by atoms with Gasteiger partial charge in [0.25, 0.3) is 0 Å². The van der Waals surface area contributed by atoms with Crippen LogP contribution in [0.1, 0.15) is 46.1 Å². The molecular formula is C18H32N2O. The second kappa shape index (κ2) is 9.19. The molecule has 0 bridgehead atoms. The SMILES string of the molecule is CCCCN(CC)CC(CO)(NC(C)C)c1ccccc1. The zero-order valence-electron chi connectivity index (χ0n) is 14.1. The van der Waals surface area contributed by atoms with Crippen LogP contribution in [0.25, 0.3) is 0 Å². The summed E-state index contributed by atoms with van der Waals surface area (Å²) in [6.45, 7) is 11.7. The Morgan fingerprint density at radius 3 is 2.33 bits per heavy atom. The van der Waals surface area contributed by atoms with Gasteiger partial charge in [0.05, 0.1) is 12.1 Å². The van der Waals surface area contributed by atoms with Gasteiger partial charge in [0, 0.05) is 12.6 Å². The molecule has 0 spiro atoms. The van der Waals surface area contributed by atoms with Gasteiger partial charge in [0.15, 0.2) is 0 Å². The monoisotopic (exact) mass is 292 g/mol. The summed E-state index contributed by atoms with van der Waals surface area (Å²) in [5, 5.41) is 13.8. The van der Waals surface area contributed by atoms with Crippen LogP contribution in [0, 0.1) is 0 Å². The van der Waals surface area contributed by atoms with Gasteiger partial charge in [0.1, 0.15) is 0 Å². The molecule has 1 aromatic rings. The Morgan fingerprint density at radius 1 is 1.19 bits per heavy atom. The maximum atomic E-state index is 10.2. The van der Waals surface area contributed by atoms with Crippen LogP contribution >= 0.6 is 0 Å². The van der Waals surface area contributed by atoms with Gasteiger partial charge < -0.3 is 15.3 Å². The second-order valence-electron chi connectivity index (χ2n) is 6.13. The third kappa shape index (κ3) is 5.42. The predicted molar refractivity (Wildman–Crippen MR) is 90.5 cm³/mol. The number of nitrogens with one attached hydrogen (secondary N) is 1. The van der Waals surface area contributed by atoms with Gasteiger partial charge in [-0.3, -0.25) is 0 Å². The van der Waals surface area contributed by atoms with Gasteiger partial charge >= 0.3 is 0 Å². The van der Waals surface area contributed by atoms with Crippen LogP contribution in [-0.4, -0.2) is 42.3 Å². The van der Waals surface area contributed by atoms with Crippen molar-refractivity contribution in [1.82, 2.24) is 10.2 Å². The molecule has 120 valence electrons. The maximum Gasteiger partial charge on any atom is 0.0799 e. The Kier molecular flexibility index (Phi) is 7.94. The van der Waals surface area contributed by atoms with Crippen LogP contribution in [0.2, 0.25) is 0 Å². The van der Waals surface area contributed by atoms with E-state index in [1.54, 1.807) is 0 Å². The van der Waals surface area contributed by atoms with E-state index in [0.717, 1.165) is 25.2 Å². The van der Waals surface area contributed by atoms with Crippen LogP contribution in [0.5, 0.6) is 0 Å². The lowest BCUT2D eigenvalue weighted by atomic mass is 9.89. The zero-order chi connectivity index (χ0) is 15.7. The van der Waals surface area contributed by atoms with Crippen LogP contribution < -0.4 is 5.32 Å². The summed E-state index contributed by atoms with van der Waals surface area (Å²) >= 11 is 0. The molecule has 21 heavy (non-hydrogen) atoms. The highest BCUT2D eigenvalue weighted by molar-refractivity contribution is 5.25. The number of rotatable bonds is 10. The number of nitrogens with zero attached hydrogens (tertiary/aromatic N) is 1. The molecule has 1 unspecified atom stereocenters. The molecule has 0 amide bonds. The average Bonchev–Trinajstić information content (AvgIpc) is 2.50. The van der Waals surface area contributed by atoms with Crippen LogP contribution in [0.4, 0.5) is 0 Å². The molecule has 0 aliphatic heterocycles. The van der Waals surface area contributed by atoms with Crippen molar-refractivity contribution in [1.29, 1.82) is 0 Å². The lowest BCUT2D eigenvalue weighted by molar-refractivity contribution is 0.100. The van der Waals surface area contributed by atoms with E-state index in [1.807, 2.05) is 18.2 Å². The fraction of sp³-hybridized carbons (Fsp3) is 0.667. The van der Waals surface area contributed by atoms with E-state index < -0.39 is 0 Å². The Morgan fingerprint density at radius 2 is 1.86 bits per heavy atom. The van der Waals surface area contributed by atoms with Crippen molar-refractivity contribution in [3.05, 3.63) is 35.9 Å². The van der Waals surface area contributed by atoms with E-state index >= 15 is 0 Å². The van der Waals surface area contributed by atoms with Crippen molar-refractivity contribution >= 4 is 0 Å². The number of unbranched alkanes of at least 4 members (excludes halogenated alkanes) is 1. The Hall–Kier alpha value is -0.900. The highest BCUT2D eigenvalue weighted by atomic mass is 16.3. The molecule has 2 N–H and O–H groups in total. The topological polar surface area (TPSA) is 35.5 Å². The predicted octanol–water partition coefficient (Wildman–Crippen LogP) is 2.99. The van der Waals surface area contributed by atoms with Crippen molar-refractivity contribution in [2.24, 2.45) is 0 Å². The Balaban J connectivity index is 3.00. The molecule has 3 nitrogen and oxygen atoms in total. The second-order valence-corrected chi connectivity index (χ2v) is 6.13. The highest BCUT2D eigenvalue weighted by Crippen LogP contribution is 2.23. The number of hydrogen-bond donors (Lipinski definition) is 2. The summed E-state index contributed by atoms with van der Waals surface area (Å²) in [6, 6.07) is 10.7. The molecule has 0 aliphatic rings. The molecule has 0 aromatic heterocycles. The minimum absolute atomic E-state index is 0.109. The summed E-state index contributed by atoms with van der Waals surface area (Å²) in [4.78, 5) is 2.43. The van der Waals surface area contributed by atoms with Crippen molar-refractivity contribution in [2.45, 2.75) is 52.1 Å². The lowest BCUT2D eigenvalue weighted by Crippen LogP contribution is -2.56. The van der Waals surface area contributed by atoms with Crippen LogP contribution in [0.3, 0.4) is 0 Å². The molecule has 0 saturated carbocycles. The van der Waals surface area contributed by atoms with Crippen LogP contribution in [0.15, 0.2) is 30.3 Å². The number of benzene rings is 1. The maximum absolute atomic E-state index is 10.2. The molecule has 1 atom stereocenters. The first kappa shape index (κ1) is 18.1. The van der Waals surface area contributed by atoms with Gasteiger partial charge in [0.2, 0.25) is 0 Å². The fourth-order valence-corrected chi connectivity index (χ4v) is 2.83. The quantitative estimate of drug-likeness (QED) is 0.696. The molecule has 1 rings (SSSR count). The molecule has 0 aliphatic carbocycles. The van der Waals surface area contributed by atoms with Gasteiger partial charge in [-0.1, -0.05) is 50.6 Å². The average molecular weight is 292 g/mol. The summed E-state index contributed by atoms with van der Waals surface area (Å²) in [5.41, 5.74) is 0.773. The minimum Gasteiger partial charge on any atom is -0.394 e. The van der Waals surface area contributed by atoms with Gasteiger partial charge in [-0.2, -0.15) is 0 Å². The number of hydrogen-bond acceptors (Lipinski definition) is 3. The first-order valence-electron chi connectivity index (χ1n) is 8.24. The van der Waals surface area contributed by atoms with E-state index in [2.05, 4.69) is 50.0 Å². The molecule has 3 heteroatoms. The molecule has 0 radical (unpaired) electrons. The molecule has 0 saturated heterocycles. The lowest BCUT2D eigenvalue weighted by Gasteiger charge is -2.39. The van der Waals surface area contributed by atoms with Gasteiger partial charge in [-0.05, 0) is 38.9 Å². The van der Waals surface area contributed by atoms with E-state index in [-0.39, 0.29) is 12.1 Å². The number of likely N-dealkylation sites (N-methyl/N-ethyl adjacent to an activating group) is 1. The number of aliphatic hydroxyl groups is 1. The summed E-state index contributed by atoms with van der Waals surface area (Å²) < 4.78 is 0. The molecular weight excluding hydrogens is 260 g/mol. The zero-order valence-corrected chi connectivity index (χ0v) is 14.1. The minimum atomic E-state index is -0.390. The molecule has 0 fully saturated rings. The van der Waals surface area contributed by atoms with Crippen molar-refractivity contribution in [3.8, 4) is 0 Å². The van der Waals surface area contributed by atoms with E-state index in [1.165, 1.54) is 12.8 Å². The molecule has 0 heterocycles. The summed E-state index contributed by atoms with van der Waals surface area (Å²) in [7, 11) is 0. The Bertz CT molecular complexity index is 380. The highest BCUT2D eigenvalue weighted by Gasteiger charge is 2.33. The van der Waals surface area contributed by atoms with Crippen LogP contribution in [-0.2, 0) is 5.54 Å². The fourth-order valence-electron chi connectivity index (χ4n) is 2.83. The number of aliphatic hydroxyl groups excluding tert-OH is 1.